The molecule has 2 nitrogen and oxygen atoms in total. The van der Waals surface area contributed by atoms with Gasteiger partial charge in [0.1, 0.15) is 0 Å². The molecule has 2 N–H and O–H groups in total. The van der Waals surface area contributed by atoms with Crippen molar-refractivity contribution >= 4 is 0 Å². The molecular weight excluding hydrogens is 186 g/mol. The van der Waals surface area contributed by atoms with Crippen molar-refractivity contribution in [1.82, 2.24) is 5.32 Å². The minimum atomic E-state index is 0.245. The molecule has 1 aliphatic rings. The molecule has 0 aromatic heterocycles. The maximum atomic E-state index is 9.58. The first kappa shape index (κ1) is 13.0. The maximum absolute atomic E-state index is 9.58. The van der Waals surface area contributed by atoms with Crippen LogP contribution in [0.1, 0.15) is 46.5 Å². The van der Waals surface area contributed by atoms with Gasteiger partial charge in [0.15, 0.2) is 0 Å². The molecule has 0 aliphatic heterocycles. The Balaban J connectivity index is 2.42. The number of hydrogen-bond acceptors (Lipinski definition) is 2. The van der Waals surface area contributed by atoms with Crippen LogP contribution in [0.15, 0.2) is 0 Å². The molecule has 0 radical (unpaired) electrons. The van der Waals surface area contributed by atoms with Crippen molar-refractivity contribution in [2.24, 2.45) is 16.7 Å². The Morgan fingerprint density at radius 3 is 2.53 bits per heavy atom. The summed E-state index contributed by atoms with van der Waals surface area (Å²) < 4.78 is 0. The van der Waals surface area contributed by atoms with E-state index in [0.29, 0.717) is 12.0 Å². The Bertz CT molecular complexity index is 207. The fourth-order valence-electron chi connectivity index (χ4n) is 2.99. The van der Waals surface area contributed by atoms with E-state index in [1.54, 1.807) is 0 Å². The minimum absolute atomic E-state index is 0.245. The summed E-state index contributed by atoms with van der Waals surface area (Å²) in [6.07, 6.45) is 4.83. The van der Waals surface area contributed by atoms with Gasteiger partial charge in [0, 0.05) is 6.61 Å². The van der Waals surface area contributed by atoms with E-state index in [9.17, 15) is 5.11 Å². The van der Waals surface area contributed by atoms with Crippen molar-refractivity contribution in [3.05, 3.63) is 0 Å². The Kier molecular flexibility index (Phi) is 4.19. The summed E-state index contributed by atoms with van der Waals surface area (Å²) in [7, 11) is 2.00. The third kappa shape index (κ3) is 2.54. The summed E-state index contributed by atoms with van der Waals surface area (Å²) >= 11 is 0. The average molecular weight is 213 g/mol. The van der Waals surface area contributed by atoms with Gasteiger partial charge in [0.25, 0.3) is 0 Å². The van der Waals surface area contributed by atoms with E-state index in [0.717, 1.165) is 12.5 Å². The quantitative estimate of drug-likeness (QED) is 0.681. The van der Waals surface area contributed by atoms with Crippen molar-refractivity contribution in [1.29, 1.82) is 0 Å². The molecule has 1 fully saturated rings. The largest absolute Gasteiger partial charge is 0.396 e. The van der Waals surface area contributed by atoms with Gasteiger partial charge >= 0.3 is 0 Å². The highest BCUT2D eigenvalue weighted by molar-refractivity contribution is 5.11. The first-order chi connectivity index (χ1) is 7.03. The van der Waals surface area contributed by atoms with E-state index in [1.807, 2.05) is 7.05 Å². The molecule has 0 saturated heterocycles. The highest BCUT2D eigenvalue weighted by Crippen LogP contribution is 2.68. The molecule has 0 aromatic rings. The maximum Gasteiger partial charge on any atom is 0.0492 e. The summed E-state index contributed by atoms with van der Waals surface area (Å²) in [5.74, 6) is 0.720. The second-order valence-electron chi connectivity index (χ2n) is 5.73. The first-order valence-corrected chi connectivity index (χ1v) is 6.29. The van der Waals surface area contributed by atoms with Gasteiger partial charge in [0.05, 0.1) is 0 Å². The van der Waals surface area contributed by atoms with Crippen molar-refractivity contribution < 1.29 is 5.11 Å². The average Bonchev–Trinajstić information content (AvgIpc) is 2.82. The Morgan fingerprint density at radius 2 is 2.13 bits per heavy atom. The molecule has 1 aliphatic carbocycles. The molecule has 1 saturated carbocycles. The second kappa shape index (κ2) is 4.84. The molecule has 3 atom stereocenters. The fourth-order valence-corrected chi connectivity index (χ4v) is 2.99. The summed E-state index contributed by atoms with van der Waals surface area (Å²) in [4.78, 5) is 0. The molecule has 90 valence electrons. The lowest BCUT2D eigenvalue weighted by molar-refractivity contribution is 0.146. The highest BCUT2D eigenvalue weighted by atomic mass is 16.3. The first-order valence-electron chi connectivity index (χ1n) is 6.29. The predicted octanol–water partition coefficient (Wildman–Crippen LogP) is 2.42. The lowest BCUT2D eigenvalue weighted by Gasteiger charge is -2.23. The monoisotopic (exact) mass is 213 g/mol. The van der Waals surface area contributed by atoms with Crippen LogP contribution in [-0.2, 0) is 0 Å². The number of aliphatic hydroxyl groups excluding tert-OH is 1. The standard InChI is InChI=1S/C13H27NO/c1-5-12(3)9-13(12,10-15)8-11(2)6-7-14-4/h11,14-15H,5-10H2,1-4H3. The smallest absolute Gasteiger partial charge is 0.0492 e. The molecule has 0 amide bonds. The molecule has 2 heteroatoms. The summed E-state index contributed by atoms with van der Waals surface area (Å²) in [5.41, 5.74) is 0.657. The van der Waals surface area contributed by atoms with Crippen molar-refractivity contribution in [3.8, 4) is 0 Å². The molecular formula is C13H27NO. The van der Waals surface area contributed by atoms with Gasteiger partial charge in [-0.15, -0.1) is 0 Å². The Morgan fingerprint density at radius 1 is 1.47 bits per heavy atom. The van der Waals surface area contributed by atoms with E-state index >= 15 is 0 Å². The third-order valence-corrected chi connectivity index (χ3v) is 4.59. The van der Waals surface area contributed by atoms with Gasteiger partial charge < -0.3 is 10.4 Å². The predicted molar refractivity (Wildman–Crippen MR) is 64.9 cm³/mol. The van der Waals surface area contributed by atoms with Gasteiger partial charge in [-0.3, -0.25) is 0 Å². The molecule has 0 heterocycles. The summed E-state index contributed by atoms with van der Waals surface area (Å²) in [6.45, 7) is 8.35. The van der Waals surface area contributed by atoms with Crippen LogP contribution >= 0.6 is 0 Å². The highest BCUT2D eigenvalue weighted by Gasteiger charge is 2.62. The number of aliphatic hydroxyl groups is 1. The van der Waals surface area contributed by atoms with Crippen LogP contribution < -0.4 is 5.32 Å². The number of hydrogen-bond donors (Lipinski definition) is 2. The third-order valence-electron chi connectivity index (χ3n) is 4.59. The van der Waals surface area contributed by atoms with Crippen LogP contribution in [0.2, 0.25) is 0 Å². The van der Waals surface area contributed by atoms with Crippen molar-refractivity contribution in [2.75, 3.05) is 20.2 Å². The van der Waals surface area contributed by atoms with Crippen LogP contribution in [0, 0.1) is 16.7 Å². The molecule has 0 bridgehead atoms. The summed E-state index contributed by atoms with van der Waals surface area (Å²) in [5, 5.41) is 12.8. The van der Waals surface area contributed by atoms with Crippen LogP contribution in [0.4, 0.5) is 0 Å². The van der Waals surface area contributed by atoms with Crippen LogP contribution in [0.3, 0.4) is 0 Å². The van der Waals surface area contributed by atoms with Crippen LogP contribution in [0.25, 0.3) is 0 Å². The topological polar surface area (TPSA) is 32.3 Å². The van der Waals surface area contributed by atoms with Gasteiger partial charge in [-0.1, -0.05) is 27.2 Å². The van der Waals surface area contributed by atoms with Gasteiger partial charge in [0.2, 0.25) is 0 Å². The molecule has 15 heavy (non-hydrogen) atoms. The van der Waals surface area contributed by atoms with E-state index < -0.39 is 0 Å². The van der Waals surface area contributed by atoms with Gasteiger partial charge in [-0.2, -0.15) is 0 Å². The molecule has 1 rings (SSSR count). The zero-order chi connectivity index (χ0) is 11.5. The Labute approximate surface area is 94.5 Å². The van der Waals surface area contributed by atoms with E-state index in [-0.39, 0.29) is 5.41 Å². The number of rotatable bonds is 7. The zero-order valence-corrected chi connectivity index (χ0v) is 10.8. The van der Waals surface area contributed by atoms with E-state index in [2.05, 4.69) is 26.1 Å². The Hall–Kier alpha value is -0.0800. The summed E-state index contributed by atoms with van der Waals surface area (Å²) in [6, 6.07) is 0. The van der Waals surface area contributed by atoms with E-state index in [4.69, 9.17) is 0 Å². The zero-order valence-electron chi connectivity index (χ0n) is 10.8. The van der Waals surface area contributed by atoms with Gasteiger partial charge in [-0.05, 0) is 49.6 Å². The lowest BCUT2D eigenvalue weighted by Crippen LogP contribution is -2.21. The normalized spacial score (nSPS) is 36.6. The SMILES string of the molecule is CCC1(C)CC1(CO)CC(C)CCNC. The lowest BCUT2D eigenvalue weighted by atomic mass is 9.84. The molecule has 0 spiro atoms. The molecule has 0 aromatic carbocycles. The fraction of sp³-hybridized carbons (Fsp3) is 1.00. The van der Waals surface area contributed by atoms with Crippen LogP contribution in [-0.4, -0.2) is 25.3 Å². The van der Waals surface area contributed by atoms with Gasteiger partial charge in [-0.25, -0.2) is 0 Å². The number of nitrogens with one attached hydrogen (secondary N) is 1. The molecule has 3 unspecified atom stereocenters. The minimum Gasteiger partial charge on any atom is -0.396 e. The second-order valence-corrected chi connectivity index (χ2v) is 5.73. The van der Waals surface area contributed by atoms with E-state index in [1.165, 1.54) is 25.7 Å². The van der Waals surface area contributed by atoms with Crippen molar-refractivity contribution in [3.63, 3.8) is 0 Å². The van der Waals surface area contributed by atoms with Crippen LogP contribution in [0.5, 0.6) is 0 Å². The van der Waals surface area contributed by atoms with Crippen molar-refractivity contribution in [2.45, 2.75) is 46.5 Å².